The second kappa shape index (κ2) is 17.4. The number of benzene rings is 2. The van der Waals surface area contributed by atoms with Crippen LogP contribution < -0.4 is 16.4 Å². The number of hydrogen-bond donors (Lipinski definition) is 3. The molecule has 44 heavy (non-hydrogen) atoms. The Morgan fingerprint density at radius 3 is 2.20 bits per heavy atom. The van der Waals surface area contributed by atoms with Crippen LogP contribution in [-0.4, -0.2) is 46.9 Å². The lowest BCUT2D eigenvalue weighted by Gasteiger charge is -2.35. The van der Waals surface area contributed by atoms with E-state index >= 15 is 0 Å². The van der Waals surface area contributed by atoms with Gasteiger partial charge in [0.25, 0.3) is 5.91 Å². The summed E-state index contributed by atoms with van der Waals surface area (Å²) in [5.74, 6) is -1.44. The normalized spacial score (nSPS) is 12.6. The zero-order valence-corrected chi connectivity index (χ0v) is 27.6. The zero-order chi connectivity index (χ0) is 32.9. The summed E-state index contributed by atoms with van der Waals surface area (Å²) in [5.41, 5.74) is 8.69. The minimum Gasteiger partial charge on any atom is -0.444 e. The van der Waals surface area contributed by atoms with Crippen molar-refractivity contribution in [1.29, 1.82) is 0 Å². The number of unbranched alkanes of at least 4 members (excludes halogenated alkanes) is 5. The molecule has 0 spiro atoms. The minimum absolute atomic E-state index is 0.0284. The van der Waals surface area contributed by atoms with Gasteiger partial charge in [-0.2, -0.15) is 0 Å². The van der Waals surface area contributed by atoms with Crippen LogP contribution in [0.1, 0.15) is 107 Å². The van der Waals surface area contributed by atoms with Crippen LogP contribution in [0.4, 0.5) is 10.5 Å². The molecule has 0 bridgehead atoms. The van der Waals surface area contributed by atoms with Crippen LogP contribution in [0.2, 0.25) is 0 Å². The topological polar surface area (TPSA) is 131 Å². The Morgan fingerprint density at radius 1 is 0.909 bits per heavy atom. The number of nitrogens with two attached hydrogens (primary N) is 1. The van der Waals surface area contributed by atoms with E-state index < -0.39 is 35.6 Å². The highest BCUT2D eigenvalue weighted by molar-refractivity contribution is 5.99. The molecule has 0 saturated heterocycles. The van der Waals surface area contributed by atoms with E-state index in [2.05, 4.69) is 17.6 Å². The molecule has 2 unspecified atom stereocenters. The van der Waals surface area contributed by atoms with E-state index in [1.807, 2.05) is 63.2 Å². The van der Waals surface area contributed by atoms with Gasteiger partial charge in [0.15, 0.2) is 0 Å². The first-order chi connectivity index (χ1) is 20.7. The summed E-state index contributed by atoms with van der Waals surface area (Å²) >= 11 is 0. The number of primary amides is 1. The predicted molar refractivity (Wildman–Crippen MR) is 175 cm³/mol. The fourth-order valence-electron chi connectivity index (χ4n) is 5.04. The number of nitrogens with zero attached hydrogens (tertiary/aromatic N) is 1. The molecule has 9 heteroatoms. The lowest BCUT2D eigenvalue weighted by Crippen LogP contribution is -2.53. The predicted octanol–water partition coefficient (Wildman–Crippen LogP) is 6.64. The van der Waals surface area contributed by atoms with Gasteiger partial charge in [-0.05, 0) is 77.1 Å². The number of aryl methyl sites for hydroxylation is 3. The first kappa shape index (κ1) is 36.3. The zero-order valence-electron chi connectivity index (χ0n) is 27.6. The van der Waals surface area contributed by atoms with Crippen LogP contribution in [0.5, 0.6) is 0 Å². The Labute approximate surface area is 263 Å². The molecular weight excluding hydrogens is 556 g/mol. The lowest BCUT2D eigenvalue weighted by molar-refractivity contribution is -0.141. The molecule has 2 aromatic rings. The van der Waals surface area contributed by atoms with Crippen molar-refractivity contribution in [2.75, 3.05) is 11.9 Å². The second-order valence-electron chi connectivity index (χ2n) is 12.6. The summed E-state index contributed by atoms with van der Waals surface area (Å²) in [6.45, 7) is 13.4. The SMILES string of the molecule is CCCCCCCCN(C(=O)C(CCC(N)=O)NC(=O)OC(C)(C)C)C(C(=O)Nc1ccccc1C)c1cc(C)ccc1C. The number of carbonyl (C=O) groups is 4. The van der Waals surface area contributed by atoms with Gasteiger partial charge in [-0.1, -0.05) is 81.0 Å². The van der Waals surface area contributed by atoms with Gasteiger partial charge in [-0.25, -0.2) is 4.79 Å². The van der Waals surface area contributed by atoms with Crippen LogP contribution >= 0.6 is 0 Å². The molecule has 2 aromatic carbocycles. The third kappa shape index (κ3) is 12.0. The minimum atomic E-state index is -1.13. The molecule has 0 aliphatic carbocycles. The number of hydrogen-bond acceptors (Lipinski definition) is 5. The standard InChI is InChI=1S/C35H52N4O5/c1-8-9-10-11-12-15-22-39(33(42)29(20-21-30(36)40)38-34(43)44-35(5,6)7)31(27-23-24(2)18-19-25(27)3)32(41)37-28-17-14-13-16-26(28)4/h13-14,16-19,23,29,31H,8-12,15,20-22H2,1-7H3,(H2,36,40)(H,37,41)(H,38,43). The van der Waals surface area contributed by atoms with Crippen molar-refractivity contribution in [3.05, 3.63) is 64.7 Å². The van der Waals surface area contributed by atoms with Gasteiger partial charge in [0.05, 0.1) is 0 Å². The smallest absolute Gasteiger partial charge is 0.408 e. The highest BCUT2D eigenvalue weighted by atomic mass is 16.6. The molecule has 2 atom stereocenters. The van der Waals surface area contributed by atoms with Gasteiger partial charge in [0.1, 0.15) is 17.7 Å². The Bertz CT molecular complexity index is 1270. The van der Waals surface area contributed by atoms with E-state index in [-0.39, 0.29) is 25.3 Å². The summed E-state index contributed by atoms with van der Waals surface area (Å²) in [7, 11) is 0. The maximum Gasteiger partial charge on any atom is 0.408 e. The van der Waals surface area contributed by atoms with Crippen LogP contribution in [0.25, 0.3) is 0 Å². The summed E-state index contributed by atoms with van der Waals surface area (Å²) in [5, 5.41) is 5.72. The van der Waals surface area contributed by atoms with E-state index in [9.17, 15) is 19.2 Å². The van der Waals surface area contributed by atoms with Crippen LogP contribution in [-0.2, 0) is 19.1 Å². The summed E-state index contributed by atoms with van der Waals surface area (Å²) < 4.78 is 5.44. The Hall–Kier alpha value is -3.88. The highest BCUT2D eigenvalue weighted by Crippen LogP contribution is 2.29. The first-order valence-electron chi connectivity index (χ1n) is 15.8. The van der Waals surface area contributed by atoms with Crippen molar-refractivity contribution in [2.45, 2.75) is 118 Å². The monoisotopic (exact) mass is 608 g/mol. The lowest BCUT2D eigenvalue weighted by atomic mass is 9.95. The number of nitrogens with one attached hydrogen (secondary N) is 2. The summed E-state index contributed by atoms with van der Waals surface area (Å²) in [6.07, 6.45) is 4.99. The number of carbonyl (C=O) groups excluding carboxylic acids is 4. The molecule has 2 rings (SSSR count). The Balaban J connectivity index is 2.59. The van der Waals surface area contributed by atoms with E-state index in [4.69, 9.17) is 10.5 Å². The average molecular weight is 609 g/mol. The number of para-hydroxylation sites is 1. The largest absolute Gasteiger partial charge is 0.444 e. The van der Waals surface area contributed by atoms with Gasteiger partial charge >= 0.3 is 6.09 Å². The van der Waals surface area contributed by atoms with Crippen molar-refractivity contribution in [1.82, 2.24) is 10.2 Å². The van der Waals surface area contributed by atoms with Gasteiger partial charge in [-0.3, -0.25) is 14.4 Å². The highest BCUT2D eigenvalue weighted by Gasteiger charge is 2.37. The molecule has 4 amide bonds. The number of amides is 4. The average Bonchev–Trinajstić information content (AvgIpc) is 2.93. The molecule has 0 fully saturated rings. The van der Waals surface area contributed by atoms with Crippen LogP contribution in [0.3, 0.4) is 0 Å². The van der Waals surface area contributed by atoms with Crippen LogP contribution in [0, 0.1) is 20.8 Å². The van der Waals surface area contributed by atoms with E-state index in [0.29, 0.717) is 17.7 Å². The molecule has 4 N–H and O–H groups in total. The maximum atomic E-state index is 14.5. The summed E-state index contributed by atoms with van der Waals surface area (Å²) in [6, 6.07) is 11.2. The molecule has 9 nitrogen and oxygen atoms in total. The van der Waals surface area contributed by atoms with Gasteiger partial charge in [0, 0.05) is 18.7 Å². The Kier molecular flexibility index (Phi) is 14.4. The fourth-order valence-corrected chi connectivity index (χ4v) is 5.04. The molecule has 0 aromatic heterocycles. The fraction of sp³-hybridized carbons (Fsp3) is 0.543. The molecule has 242 valence electrons. The molecule has 0 saturated carbocycles. The summed E-state index contributed by atoms with van der Waals surface area (Å²) in [4.78, 5) is 54.9. The Morgan fingerprint density at radius 2 is 1.57 bits per heavy atom. The first-order valence-corrected chi connectivity index (χ1v) is 15.8. The molecule has 0 aliphatic rings. The van der Waals surface area contributed by atoms with E-state index in [0.717, 1.165) is 48.8 Å². The number of alkyl carbamates (subject to hydrolysis) is 1. The van der Waals surface area contributed by atoms with Gasteiger partial charge < -0.3 is 26.0 Å². The quantitative estimate of drug-likeness (QED) is 0.184. The number of rotatable bonds is 16. The van der Waals surface area contributed by atoms with Crippen molar-refractivity contribution in [3.8, 4) is 0 Å². The molecule has 0 aliphatic heterocycles. The number of ether oxygens (including phenoxy) is 1. The maximum absolute atomic E-state index is 14.5. The van der Waals surface area contributed by atoms with Crippen LogP contribution in [0.15, 0.2) is 42.5 Å². The van der Waals surface area contributed by atoms with E-state index in [1.54, 1.807) is 25.7 Å². The third-order valence-corrected chi connectivity index (χ3v) is 7.40. The molecule has 0 heterocycles. The second-order valence-corrected chi connectivity index (χ2v) is 12.6. The van der Waals surface area contributed by atoms with Crippen molar-refractivity contribution in [3.63, 3.8) is 0 Å². The van der Waals surface area contributed by atoms with Gasteiger partial charge in [0.2, 0.25) is 11.8 Å². The number of anilines is 1. The van der Waals surface area contributed by atoms with Crippen molar-refractivity contribution < 1.29 is 23.9 Å². The molecule has 0 radical (unpaired) electrons. The van der Waals surface area contributed by atoms with E-state index in [1.165, 1.54) is 0 Å². The third-order valence-electron chi connectivity index (χ3n) is 7.40. The molecular formula is C35H52N4O5. The van der Waals surface area contributed by atoms with Crippen molar-refractivity contribution in [2.24, 2.45) is 5.73 Å². The van der Waals surface area contributed by atoms with Gasteiger partial charge in [-0.15, -0.1) is 0 Å². The van der Waals surface area contributed by atoms with Crippen molar-refractivity contribution >= 4 is 29.5 Å².